The summed E-state index contributed by atoms with van der Waals surface area (Å²) in [5.41, 5.74) is 16.5. The number of fused-ring (bicyclic) bond motifs is 5. The van der Waals surface area contributed by atoms with Gasteiger partial charge < -0.3 is 32.5 Å². The van der Waals surface area contributed by atoms with Crippen molar-refractivity contribution in [3.63, 3.8) is 0 Å². The van der Waals surface area contributed by atoms with E-state index >= 15 is 0 Å². The van der Waals surface area contributed by atoms with Crippen LogP contribution in [-0.4, -0.2) is 63.7 Å². The van der Waals surface area contributed by atoms with Gasteiger partial charge in [0.2, 0.25) is 17.8 Å². The van der Waals surface area contributed by atoms with Crippen molar-refractivity contribution < 1.29 is 19.5 Å². The molecule has 2 heterocycles. The molecule has 0 radical (unpaired) electrons. The van der Waals surface area contributed by atoms with Gasteiger partial charge in [-0.1, -0.05) is 18.2 Å². The summed E-state index contributed by atoms with van der Waals surface area (Å²) in [6.45, 7) is 4.26. The molecule has 2 atom stereocenters. The number of nitrogens with zero attached hydrogens (tertiary/aromatic N) is 2. The molecular formula is C28H33N7O4S. The average Bonchev–Trinajstić information content (AvgIpc) is 2.90. The Labute approximate surface area is 236 Å². The minimum Gasteiger partial charge on any atom is -0.508 e. The highest BCUT2D eigenvalue weighted by molar-refractivity contribution is 7.99. The SMILES string of the molecule is Cc1cc(C)c2cc1C(=O)NCCC(NC(=O)C(N)Cc1ccc(O)cc1)C(=O)NCCSc1cc-2nc(N)n1. The van der Waals surface area contributed by atoms with E-state index in [0.29, 0.717) is 28.6 Å². The Bertz CT molecular complexity index is 1410. The van der Waals surface area contributed by atoms with Crippen LogP contribution in [0, 0.1) is 13.8 Å². The molecule has 2 aromatic carbocycles. The molecule has 1 aliphatic heterocycles. The van der Waals surface area contributed by atoms with Gasteiger partial charge in [-0.3, -0.25) is 14.4 Å². The van der Waals surface area contributed by atoms with Crippen LogP contribution in [0.4, 0.5) is 5.95 Å². The molecule has 1 aliphatic rings. The van der Waals surface area contributed by atoms with Crippen LogP contribution in [0.2, 0.25) is 0 Å². The first kappa shape index (κ1) is 28.8. The lowest BCUT2D eigenvalue weighted by Gasteiger charge is -2.21. The average molecular weight is 564 g/mol. The van der Waals surface area contributed by atoms with Crippen LogP contribution in [-0.2, 0) is 16.0 Å². The normalized spacial score (nSPS) is 16.9. The van der Waals surface area contributed by atoms with Crippen molar-refractivity contribution in [3.05, 3.63) is 64.7 Å². The van der Waals surface area contributed by atoms with Crippen molar-refractivity contribution in [2.75, 3.05) is 24.6 Å². The van der Waals surface area contributed by atoms with Crippen LogP contribution in [0.1, 0.15) is 33.5 Å². The summed E-state index contributed by atoms with van der Waals surface area (Å²) >= 11 is 1.41. The maximum absolute atomic E-state index is 13.1. The highest BCUT2D eigenvalue weighted by Gasteiger charge is 2.24. The minimum absolute atomic E-state index is 0.113. The van der Waals surface area contributed by atoms with Gasteiger partial charge in [0.15, 0.2) is 0 Å². The second kappa shape index (κ2) is 12.8. The maximum atomic E-state index is 13.1. The number of benzene rings is 2. The van der Waals surface area contributed by atoms with Crippen molar-refractivity contribution in [1.29, 1.82) is 0 Å². The molecule has 0 aliphatic carbocycles. The largest absolute Gasteiger partial charge is 0.508 e. The summed E-state index contributed by atoms with van der Waals surface area (Å²) in [6.07, 6.45) is 0.395. The first-order chi connectivity index (χ1) is 19.1. The molecule has 0 spiro atoms. The fourth-order valence-corrected chi connectivity index (χ4v) is 5.20. The van der Waals surface area contributed by atoms with Crippen molar-refractivity contribution >= 4 is 35.4 Å². The molecule has 4 bridgehead atoms. The Morgan fingerprint density at radius 3 is 2.55 bits per heavy atom. The molecule has 0 fully saturated rings. The van der Waals surface area contributed by atoms with Crippen LogP contribution in [0.5, 0.6) is 5.75 Å². The van der Waals surface area contributed by atoms with Crippen molar-refractivity contribution in [3.8, 4) is 17.0 Å². The Kier molecular flexibility index (Phi) is 9.22. The number of carbonyl (C=O) groups is 3. The number of amides is 3. The van der Waals surface area contributed by atoms with Crippen LogP contribution in [0.3, 0.4) is 0 Å². The van der Waals surface area contributed by atoms with Gasteiger partial charge in [0.05, 0.1) is 11.7 Å². The topological polar surface area (TPSA) is 185 Å². The monoisotopic (exact) mass is 563 g/mol. The summed E-state index contributed by atoms with van der Waals surface area (Å²) in [5.74, 6) is -0.447. The first-order valence-electron chi connectivity index (χ1n) is 12.9. The number of hydrogen-bond acceptors (Lipinski definition) is 9. The number of thioether (sulfide) groups is 1. The van der Waals surface area contributed by atoms with Gasteiger partial charge >= 0.3 is 0 Å². The van der Waals surface area contributed by atoms with E-state index in [9.17, 15) is 19.5 Å². The lowest BCUT2D eigenvalue weighted by Crippen LogP contribution is -2.53. The lowest BCUT2D eigenvalue weighted by molar-refractivity contribution is -0.129. The van der Waals surface area contributed by atoms with E-state index in [1.54, 1.807) is 18.2 Å². The van der Waals surface area contributed by atoms with Crippen LogP contribution < -0.4 is 27.4 Å². The number of nitrogen functional groups attached to an aromatic ring is 1. The number of hydrogen-bond donors (Lipinski definition) is 6. The standard InChI is InChI=1S/C28H33N7O4S/c1-15-11-16(2)20-13-19(15)23-14-24(35-28(30)34-23)40-10-9-32-27(39)22(7-8-31-25(20)37)33-26(38)21(29)12-17-3-5-18(36)6-4-17/h3-6,11,13-14,21-22,36H,7-10,12,29H2,1-2H3,(H,31,37)(H,32,39)(H,33,38)(H2,30,34,35). The molecular weight excluding hydrogens is 530 g/mol. The van der Waals surface area contributed by atoms with E-state index in [1.165, 1.54) is 23.9 Å². The summed E-state index contributed by atoms with van der Waals surface area (Å²) in [6, 6.07) is 10.1. The number of rotatable bonds is 4. The predicted octanol–water partition coefficient (Wildman–Crippen LogP) is 1.44. The number of phenolic OH excluding ortho intramolecular Hbond substituents is 1. The van der Waals surface area contributed by atoms with E-state index in [-0.39, 0.29) is 42.9 Å². The Hall–Kier alpha value is -4.16. The number of nitrogens with one attached hydrogen (secondary N) is 3. The third-order valence-electron chi connectivity index (χ3n) is 6.54. The second-order valence-corrected chi connectivity index (χ2v) is 10.8. The Morgan fingerprint density at radius 2 is 1.80 bits per heavy atom. The molecule has 0 saturated heterocycles. The Morgan fingerprint density at radius 1 is 1.07 bits per heavy atom. The van der Waals surface area contributed by atoms with Crippen LogP contribution in [0.15, 0.2) is 47.5 Å². The summed E-state index contributed by atoms with van der Waals surface area (Å²) < 4.78 is 0. The molecule has 8 N–H and O–H groups in total. The number of nitrogens with two attached hydrogens (primary N) is 2. The zero-order valence-corrected chi connectivity index (χ0v) is 23.2. The van der Waals surface area contributed by atoms with Gasteiger partial charge in [-0.15, -0.1) is 11.8 Å². The fraction of sp³-hybridized carbons (Fsp3) is 0.321. The molecule has 4 rings (SSSR count). The zero-order chi connectivity index (χ0) is 28.8. The highest BCUT2D eigenvalue weighted by atomic mass is 32.2. The number of aromatic hydroxyl groups is 1. The van der Waals surface area contributed by atoms with Crippen LogP contribution in [0.25, 0.3) is 11.3 Å². The van der Waals surface area contributed by atoms with Gasteiger partial charge in [-0.2, -0.15) is 0 Å². The van der Waals surface area contributed by atoms with E-state index in [0.717, 1.165) is 22.3 Å². The molecule has 40 heavy (non-hydrogen) atoms. The molecule has 1 aromatic heterocycles. The van der Waals surface area contributed by atoms with E-state index in [2.05, 4.69) is 25.9 Å². The molecule has 0 saturated carbocycles. The number of phenols is 1. The van der Waals surface area contributed by atoms with E-state index < -0.39 is 18.0 Å². The van der Waals surface area contributed by atoms with Crippen molar-refractivity contribution in [1.82, 2.24) is 25.9 Å². The molecule has 11 nitrogen and oxygen atoms in total. The van der Waals surface area contributed by atoms with Crippen LogP contribution >= 0.6 is 11.8 Å². The van der Waals surface area contributed by atoms with Crippen molar-refractivity contribution in [2.24, 2.45) is 5.73 Å². The number of anilines is 1. The van der Waals surface area contributed by atoms with E-state index in [4.69, 9.17) is 11.5 Å². The number of aromatic nitrogens is 2. The van der Waals surface area contributed by atoms with Gasteiger partial charge in [0.25, 0.3) is 5.91 Å². The summed E-state index contributed by atoms with van der Waals surface area (Å²) in [5, 5.41) is 18.5. The number of carbonyl (C=O) groups excluding carboxylic acids is 3. The lowest BCUT2D eigenvalue weighted by atomic mass is 9.97. The maximum Gasteiger partial charge on any atom is 0.251 e. The molecule has 2 unspecified atom stereocenters. The quantitative estimate of drug-likeness (QED) is 0.256. The molecule has 3 amide bonds. The third kappa shape index (κ3) is 7.27. The zero-order valence-electron chi connectivity index (χ0n) is 22.4. The van der Waals surface area contributed by atoms with Gasteiger partial charge in [0, 0.05) is 30.0 Å². The van der Waals surface area contributed by atoms with Gasteiger partial charge in [-0.05, 0) is 67.6 Å². The van der Waals surface area contributed by atoms with Gasteiger partial charge in [0.1, 0.15) is 16.8 Å². The molecule has 3 aromatic rings. The third-order valence-corrected chi connectivity index (χ3v) is 7.46. The summed E-state index contributed by atoms with van der Waals surface area (Å²) in [7, 11) is 0. The van der Waals surface area contributed by atoms with Gasteiger partial charge in [-0.25, -0.2) is 9.97 Å². The molecule has 12 heteroatoms. The predicted molar refractivity (Wildman–Crippen MR) is 154 cm³/mol. The van der Waals surface area contributed by atoms with Crippen molar-refractivity contribution in [2.45, 2.75) is 43.8 Å². The number of aryl methyl sites for hydroxylation is 2. The second-order valence-electron chi connectivity index (χ2n) is 9.65. The Balaban J connectivity index is 1.53. The highest BCUT2D eigenvalue weighted by Crippen LogP contribution is 2.28. The summed E-state index contributed by atoms with van der Waals surface area (Å²) in [4.78, 5) is 47.8. The van der Waals surface area contributed by atoms with E-state index in [1.807, 2.05) is 26.0 Å². The first-order valence-corrected chi connectivity index (χ1v) is 13.9. The fourth-order valence-electron chi connectivity index (χ4n) is 4.43. The molecule has 210 valence electrons. The smallest absolute Gasteiger partial charge is 0.251 e. The minimum atomic E-state index is -0.910.